The molecule has 66 heavy (non-hydrogen) atoms. The van der Waals surface area contributed by atoms with Crippen molar-refractivity contribution in [1.29, 1.82) is 0 Å². The van der Waals surface area contributed by atoms with Gasteiger partial charge in [0.15, 0.2) is 0 Å². The van der Waals surface area contributed by atoms with Gasteiger partial charge in [-0.05, 0) is 91.4 Å². The topological polar surface area (TPSA) is 194 Å². The Hall–Kier alpha value is -5.76. The molecular formula is C47H51ClN8O9S. The van der Waals surface area contributed by atoms with Gasteiger partial charge < -0.3 is 39.0 Å². The Morgan fingerprint density at radius 2 is 1.79 bits per heavy atom. The van der Waals surface area contributed by atoms with Crippen molar-refractivity contribution in [3.05, 3.63) is 111 Å². The van der Waals surface area contributed by atoms with E-state index in [4.69, 9.17) is 35.5 Å². The van der Waals surface area contributed by atoms with Crippen LogP contribution in [0, 0.1) is 15.5 Å². The third-order valence-corrected chi connectivity index (χ3v) is 14.8. The number of nitro benzene ring substituents is 1. The van der Waals surface area contributed by atoms with Crippen LogP contribution in [0.5, 0.6) is 5.88 Å². The number of carbonyl (C=O) groups excluding carboxylic acids is 1. The van der Waals surface area contributed by atoms with Crippen LogP contribution in [0.4, 0.5) is 28.4 Å². The molecule has 5 aromatic rings. The fourth-order valence-corrected chi connectivity index (χ4v) is 10.7. The highest BCUT2D eigenvalue weighted by Gasteiger charge is 2.42. The van der Waals surface area contributed by atoms with Gasteiger partial charge in [0.05, 0.1) is 66.8 Å². The molecule has 0 bridgehead atoms. The number of allylic oxidation sites excluding steroid dienone is 1. The smallest absolute Gasteiger partial charge is 0.293 e. The molecule has 4 aliphatic heterocycles. The molecule has 346 valence electrons. The predicted molar refractivity (Wildman–Crippen MR) is 251 cm³/mol. The number of sulfonamides is 1. The predicted octanol–water partition coefficient (Wildman–Crippen LogP) is 6.77. The van der Waals surface area contributed by atoms with E-state index < -0.39 is 31.4 Å². The summed E-state index contributed by atoms with van der Waals surface area (Å²) in [5.74, 6) is -0.509. The molecule has 0 saturated carbocycles. The first-order chi connectivity index (χ1) is 32.0. The van der Waals surface area contributed by atoms with E-state index in [-0.39, 0.29) is 29.3 Å². The van der Waals surface area contributed by atoms with E-state index in [2.05, 4.69) is 37.0 Å². The minimum Gasteiger partial charge on any atom is -0.476 e. The first-order valence-electron chi connectivity index (χ1n) is 22.3. The van der Waals surface area contributed by atoms with E-state index in [0.29, 0.717) is 62.3 Å². The minimum atomic E-state index is -4.60. The number of ether oxygens (including phenoxy) is 4. The molecule has 3 N–H and O–H groups in total. The SMILES string of the molecule is O=C(NS(=O)(=O)c1ccc(NC[C@H]2COCCO2)c([N+](=O)[O-])c1)c1ccc(N2CCN(CC3=C(c4ccc(Cl)cc4)CC4(CC3)COC4)CC2)cc1N1CCCOc2nc3[nH]ccc3cc21. The van der Waals surface area contributed by atoms with Gasteiger partial charge >= 0.3 is 0 Å². The second kappa shape index (κ2) is 18.5. The Labute approximate surface area is 387 Å². The molecule has 0 radical (unpaired) electrons. The number of nitrogens with zero attached hydrogens (tertiary/aromatic N) is 5. The van der Waals surface area contributed by atoms with Crippen LogP contribution >= 0.6 is 11.6 Å². The van der Waals surface area contributed by atoms with Crippen LogP contribution in [0.3, 0.4) is 0 Å². The summed E-state index contributed by atoms with van der Waals surface area (Å²) in [7, 11) is -4.60. The largest absolute Gasteiger partial charge is 0.476 e. The van der Waals surface area contributed by atoms with E-state index >= 15 is 0 Å². The lowest BCUT2D eigenvalue weighted by molar-refractivity contribution is -0.384. The van der Waals surface area contributed by atoms with Crippen LogP contribution in [-0.4, -0.2) is 126 Å². The molecule has 1 aliphatic carbocycles. The van der Waals surface area contributed by atoms with E-state index in [1.54, 1.807) is 12.3 Å². The van der Waals surface area contributed by atoms with Crippen molar-refractivity contribution in [3.63, 3.8) is 0 Å². The number of rotatable bonds is 12. The fourth-order valence-electron chi connectivity index (χ4n) is 9.60. The maximum absolute atomic E-state index is 14.4. The third kappa shape index (κ3) is 9.17. The van der Waals surface area contributed by atoms with Gasteiger partial charge in [-0.25, -0.2) is 13.1 Å². The maximum Gasteiger partial charge on any atom is 0.293 e. The van der Waals surface area contributed by atoms with Crippen molar-refractivity contribution in [2.24, 2.45) is 5.41 Å². The number of benzene rings is 3. The monoisotopic (exact) mass is 938 g/mol. The fraction of sp³-hybridized carbons (Fsp3) is 0.404. The van der Waals surface area contributed by atoms with Gasteiger partial charge in [0, 0.05) is 79.6 Å². The van der Waals surface area contributed by atoms with Crippen LogP contribution in [-0.2, 0) is 24.2 Å². The van der Waals surface area contributed by atoms with E-state index in [9.17, 15) is 23.3 Å². The van der Waals surface area contributed by atoms with Crippen LogP contribution < -0.4 is 24.6 Å². The molecule has 1 amide bonds. The van der Waals surface area contributed by atoms with Gasteiger partial charge in [-0.1, -0.05) is 29.3 Å². The molecule has 2 aromatic heterocycles. The maximum atomic E-state index is 14.4. The average molecular weight is 939 g/mol. The van der Waals surface area contributed by atoms with E-state index in [0.717, 1.165) is 87.4 Å². The number of halogens is 1. The molecule has 1 spiro atoms. The lowest BCUT2D eigenvalue weighted by Gasteiger charge is -2.46. The number of nitrogens with one attached hydrogen (secondary N) is 3. The molecule has 10 rings (SSSR count). The Balaban J connectivity index is 0.916. The highest BCUT2D eigenvalue weighted by atomic mass is 35.5. The van der Waals surface area contributed by atoms with Gasteiger partial charge in [-0.3, -0.25) is 19.8 Å². The zero-order valence-electron chi connectivity index (χ0n) is 36.3. The minimum absolute atomic E-state index is 0.0964. The summed E-state index contributed by atoms with van der Waals surface area (Å²) < 4.78 is 52.9. The molecule has 0 unspecified atom stereocenters. The van der Waals surface area contributed by atoms with Crippen LogP contribution in [0.2, 0.25) is 5.02 Å². The van der Waals surface area contributed by atoms with Crippen molar-refractivity contribution in [2.75, 3.05) is 101 Å². The van der Waals surface area contributed by atoms with Crippen molar-refractivity contribution in [1.82, 2.24) is 19.6 Å². The van der Waals surface area contributed by atoms with Gasteiger partial charge in [0.25, 0.3) is 21.6 Å². The van der Waals surface area contributed by atoms with Gasteiger partial charge in [0.2, 0.25) is 5.88 Å². The number of aromatic amines is 1. The van der Waals surface area contributed by atoms with Gasteiger partial charge in [0.1, 0.15) is 17.0 Å². The highest BCUT2D eigenvalue weighted by Crippen LogP contribution is 2.48. The summed E-state index contributed by atoms with van der Waals surface area (Å²) in [5.41, 5.74) is 6.68. The third-order valence-electron chi connectivity index (χ3n) is 13.3. The van der Waals surface area contributed by atoms with Crippen molar-refractivity contribution in [3.8, 4) is 5.88 Å². The average Bonchev–Trinajstić information content (AvgIpc) is 3.68. The Bertz CT molecular complexity index is 2780. The highest BCUT2D eigenvalue weighted by molar-refractivity contribution is 7.90. The number of nitro groups is 1. The molecular weight excluding hydrogens is 888 g/mol. The first-order valence-corrected chi connectivity index (χ1v) is 24.2. The molecule has 1 atom stereocenters. The number of anilines is 4. The summed E-state index contributed by atoms with van der Waals surface area (Å²) in [6.07, 6.45) is 5.21. The second-order valence-corrected chi connectivity index (χ2v) is 19.7. The first kappa shape index (κ1) is 44.1. The van der Waals surface area contributed by atoms with E-state index in [1.165, 1.54) is 28.8 Å². The van der Waals surface area contributed by atoms with Crippen LogP contribution in [0.15, 0.2) is 89.5 Å². The standard InChI is InChI=1S/C47H51ClN8O9S/c48-34-4-2-31(3-5-34)39-25-47(29-63-30-47)12-10-33(39)27-53-15-17-54(18-16-53)35-6-8-38(41(23-35)55-14-1-19-65-46-43(55)22-32-11-13-49-44(32)51-46)45(57)52-66(60,61)37-7-9-40(42(24-37)56(58)59)50-26-36-28-62-20-21-64-36/h2-9,11,13,22-24,36,50H,1,10,12,14-21,25-30H2,(H,49,51)(H,52,57)/t36-/m0/s1. The van der Waals surface area contributed by atoms with Gasteiger partial charge in [-0.2, -0.15) is 4.98 Å². The molecule has 17 nitrogen and oxygen atoms in total. The summed E-state index contributed by atoms with van der Waals surface area (Å²) >= 11 is 6.29. The molecule has 5 aliphatic rings. The van der Waals surface area contributed by atoms with Crippen LogP contribution in [0.25, 0.3) is 16.6 Å². The Morgan fingerprint density at radius 1 is 0.955 bits per heavy atom. The van der Waals surface area contributed by atoms with Crippen molar-refractivity contribution >= 4 is 72.6 Å². The zero-order valence-corrected chi connectivity index (χ0v) is 37.9. The van der Waals surface area contributed by atoms with Gasteiger partial charge in [-0.15, -0.1) is 0 Å². The lowest BCUT2D eigenvalue weighted by Crippen LogP contribution is -2.48. The molecule has 3 fully saturated rings. The summed E-state index contributed by atoms with van der Waals surface area (Å²) in [4.78, 5) is 40.1. The number of aromatic nitrogens is 2. The van der Waals surface area contributed by atoms with Crippen molar-refractivity contribution in [2.45, 2.75) is 36.7 Å². The molecule has 6 heterocycles. The summed E-state index contributed by atoms with van der Waals surface area (Å²) in [6.45, 7) is 7.85. The summed E-state index contributed by atoms with van der Waals surface area (Å²) in [6, 6.07) is 20.9. The quantitative estimate of drug-likeness (QED) is 0.0877. The lowest BCUT2D eigenvalue weighted by atomic mass is 9.69. The summed E-state index contributed by atoms with van der Waals surface area (Å²) in [5, 5.41) is 16.7. The number of hydrogen-bond donors (Lipinski definition) is 3. The second-order valence-electron chi connectivity index (χ2n) is 17.6. The molecule has 19 heteroatoms. The Morgan fingerprint density at radius 3 is 2.55 bits per heavy atom. The number of amides is 1. The number of pyridine rings is 1. The molecule has 3 aromatic carbocycles. The number of fused-ring (bicyclic) bond motifs is 2. The normalized spacial score (nSPS) is 20.0. The van der Waals surface area contributed by atoms with Crippen LogP contribution in [0.1, 0.15) is 41.6 Å². The Kier molecular flexibility index (Phi) is 12.4. The number of hydrogen-bond acceptors (Lipinski definition) is 14. The van der Waals surface area contributed by atoms with E-state index in [1.807, 2.05) is 41.3 Å². The molecule has 3 saturated heterocycles. The number of piperazine rings is 1. The van der Waals surface area contributed by atoms with Crippen molar-refractivity contribution < 1.29 is 37.1 Å². The number of H-pyrrole nitrogens is 1. The zero-order chi connectivity index (χ0) is 45.4. The number of carbonyl (C=O) groups is 1.